The highest BCUT2D eigenvalue weighted by Gasteiger charge is 2.23. The fraction of sp³-hybridized carbons (Fsp3) is 0.100. The van der Waals surface area contributed by atoms with Crippen LogP contribution in [-0.2, 0) is 14.8 Å². The van der Waals surface area contributed by atoms with E-state index in [-0.39, 0.29) is 11.4 Å². The Morgan fingerprint density at radius 3 is 2.57 bits per heavy atom. The van der Waals surface area contributed by atoms with Crippen LogP contribution in [0.2, 0.25) is 0 Å². The van der Waals surface area contributed by atoms with Gasteiger partial charge in [-0.05, 0) is 40.6 Å². The number of rotatable bonds is 6. The van der Waals surface area contributed by atoms with Gasteiger partial charge in [0.1, 0.15) is 0 Å². The second kappa shape index (κ2) is 8.64. The van der Waals surface area contributed by atoms with Crippen LogP contribution in [0, 0.1) is 0 Å². The Morgan fingerprint density at radius 1 is 1.07 bits per heavy atom. The minimum absolute atomic E-state index is 0.138. The average molecular weight is 460 g/mol. The molecule has 1 N–H and O–H groups in total. The molecule has 3 aromatic carbocycles. The van der Waals surface area contributed by atoms with E-state index in [0.717, 1.165) is 25.1 Å². The summed E-state index contributed by atoms with van der Waals surface area (Å²) < 4.78 is 27.4. The molecular weight excluding hydrogens is 442 g/mol. The Morgan fingerprint density at radius 2 is 1.82 bits per heavy atom. The fourth-order valence-corrected chi connectivity index (χ4v) is 4.18. The van der Waals surface area contributed by atoms with Crippen LogP contribution in [0.5, 0.6) is 0 Å². The van der Waals surface area contributed by atoms with Gasteiger partial charge in [0.25, 0.3) is 5.91 Å². The minimum Gasteiger partial charge on any atom is -0.272 e. The highest BCUT2D eigenvalue weighted by atomic mass is 79.9. The van der Waals surface area contributed by atoms with E-state index in [0.29, 0.717) is 0 Å². The summed E-state index contributed by atoms with van der Waals surface area (Å²) in [7, 11) is -2.43. The third-order valence-corrected chi connectivity index (χ3v) is 6.34. The molecular formula is C20H18BrN3O3S. The molecule has 0 fully saturated rings. The Bertz CT molecular complexity index is 1150. The quantitative estimate of drug-likeness (QED) is 0.453. The van der Waals surface area contributed by atoms with Crippen molar-refractivity contribution in [3.63, 3.8) is 0 Å². The van der Waals surface area contributed by atoms with Gasteiger partial charge in [0.15, 0.2) is 0 Å². The van der Waals surface area contributed by atoms with E-state index in [1.165, 1.54) is 19.3 Å². The third-order valence-electron chi connectivity index (χ3n) is 4.05. The first-order valence-electron chi connectivity index (χ1n) is 8.39. The number of benzene rings is 3. The van der Waals surface area contributed by atoms with Crippen molar-refractivity contribution in [2.45, 2.75) is 4.90 Å². The summed E-state index contributed by atoms with van der Waals surface area (Å²) in [6.45, 7) is -0.342. The van der Waals surface area contributed by atoms with E-state index in [4.69, 9.17) is 0 Å². The van der Waals surface area contributed by atoms with Gasteiger partial charge in [-0.15, -0.1) is 0 Å². The summed E-state index contributed by atoms with van der Waals surface area (Å²) in [5.41, 5.74) is 3.14. The Labute approximate surface area is 172 Å². The fourth-order valence-electron chi connectivity index (χ4n) is 2.60. The normalized spacial score (nSPS) is 12.0. The Balaban J connectivity index is 1.66. The van der Waals surface area contributed by atoms with Crippen molar-refractivity contribution < 1.29 is 13.2 Å². The lowest BCUT2D eigenvalue weighted by Gasteiger charge is -2.16. The maximum Gasteiger partial charge on any atom is 0.255 e. The maximum absolute atomic E-state index is 12.7. The van der Waals surface area contributed by atoms with Crippen LogP contribution < -0.4 is 5.43 Å². The summed E-state index contributed by atoms with van der Waals surface area (Å²) in [4.78, 5) is 12.2. The smallest absolute Gasteiger partial charge is 0.255 e. The van der Waals surface area contributed by atoms with Crippen LogP contribution in [0.15, 0.2) is 81.2 Å². The van der Waals surface area contributed by atoms with Crippen LogP contribution in [0.1, 0.15) is 5.56 Å². The number of nitrogens with one attached hydrogen (secondary N) is 1. The molecule has 8 heteroatoms. The Kier molecular flexibility index (Phi) is 6.23. The Hall–Kier alpha value is -2.55. The van der Waals surface area contributed by atoms with E-state index < -0.39 is 15.9 Å². The van der Waals surface area contributed by atoms with Crippen molar-refractivity contribution in [1.29, 1.82) is 0 Å². The molecule has 1 amide bonds. The van der Waals surface area contributed by atoms with Crippen molar-refractivity contribution in [2.75, 3.05) is 13.6 Å². The topological polar surface area (TPSA) is 78.8 Å². The second-order valence-electron chi connectivity index (χ2n) is 6.12. The van der Waals surface area contributed by atoms with Gasteiger partial charge in [0, 0.05) is 11.5 Å². The molecule has 0 radical (unpaired) electrons. The molecule has 0 aromatic heterocycles. The number of hydrogen-bond acceptors (Lipinski definition) is 4. The molecule has 0 spiro atoms. The maximum atomic E-state index is 12.7. The number of carbonyl (C=O) groups excluding carboxylic acids is 1. The van der Waals surface area contributed by atoms with Gasteiger partial charge in [-0.3, -0.25) is 4.79 Å². The van der Waals surface area contributed by atoms with Crippen LogP contribution in [0.4, 0.5) is 0 Å². The molecule has 0 bridgehead atoms. The SMILES string of the molecule is CN(CC(=O)N/N=C/c1cccc(Br)c1)S(=O)(=O)c1ccc2ccccc2c1. The molecule has 0 aliphatic carbocycles. The van der Waals surface area contributed by atoms with Gasteiger partial charge in [0.2, 0.25) is 10.0 Å². The molecule has 28 heavy (non-hydrogen) atoms. The number of likely N-dealkylation sites (N-methyl/N-ethyl adjacent to an activating group) is 1. The molecule has 6 nitrogen and oxygen atoms in total. The predicted molar refractivity (Wildman–Crippen MR) is 114 cm³/mol. The zero-order valence-electron chi connectivity index (χ0n) is 15.0. The van der Waals surface area contributed by atoms with E-state index in [1.807, 2.05) is 48.5 Å². The number of amides is 1. The van der Waals surface area contributed by atoms with E-state index in [2.05, 4.69) is 26.5 Å². The van der Waals surface area contributed by atoms with Gasteiger partial charge in [-0.2, -0.15) is 9.41 Å². The number of halogens is 1. The van der Waals surface area contributed by atoms with Gasteiger partial charge in [0.05, 0.1) is 17.7 Å². The summed E-state index contributed by atoms with van der Waals surface area (Å²) in [5, 5.41) is 5.63. The molecule has 3 rings (SSSR count). The molecule has 0 aliphatic heterocycles. The van der Waals surface area contributed by atoms with Crippen LogP contribution >= 0.6 is 15.9 Å². The van der Waals surface area contributed by atoms with Gasteiger partial charge >= 0.3 is 0 Å². The predicted octanol–water partition coefficient (Wildman–Crippen LogP) is 3.37. The molecule has 3 aromatic rings. The summed E-state index contributed by atoms with van der Waals surface area (Å²) in [6, 6.07) is 19.8. The summed E-state index contributed by atoms with van der Waals surface area (Å²) in [6.07, 6.45) is 1.49. The van der Waals surface area contributed by atoms with Crippen molar-refractivity contribution in [3.05, 3.63) is 76.8 Å². The number of hydrazone groups is 1. The highest BCUT2D eigenvalue weighted by molar-refractivity contribution is 9.10. The number of nitrogens with zero attached hydrogens (tertiary/aromatic N) is 2. The average Bonchev–Trinajstić information content (AvgIpc) is 2.67. The van der Waals surface area contributed by atoms with Crippen molar-refractivity contribution in [3.8, 4) is 0 Å². The van der Waals surface area contributed by atoms with Crippen molar-refractivity contribution >= 4 is 48.8 Å². The first kappa shape index (κ1) is 20.2. The second-order valence-corrected chi connectivity index (χ2v) is 9.08. The van der Waals surface area contributed by atoms with E-state index in [1.54, 1.807) is 12.1 Å². The largest absolute Gasteiger partial charge is 0.272 e. The first-order valence-corrected chi connectivity index (χ1v) is 10.6. The first-order chi connectivity index (χ1) is 13.4. The number of hydrogen-bond donors (Lipinski definition) is 1. The minimum atomic E-state index is -3.79. The van der Waals surface area contributed by atoms with Crippen LogP contribution in [0.3, 0.4) is 0 Å². The number of carbonyl (C=O) groups is 1. The number of sulfonamides is 1. The van der Waals surface area contributed by atoms with E-state index in [9.17, 15) is 13.2 Å². The summed E-state index contributed by atoms with van der Waals surface area (Å²) in [5.74, 6) is -0.530. The molecule has 0 aliphatic rings. The van der Waals surface area contributed by atoms with Crippen molar-refractivity contribution in [1.82, 2.24) is 9.73 Å². The number of fused-ring (bicyclic) bond motifs is 1. The van der Waals surface area contributed by atoms with Crippen molar-refractivity contribution in [2.24, 2.45) is 5.10 Å². The molecule has 0 atom stereocenters. The van der Waals surface area contributed by atoms with Gasteiger partial charge in [-0.1, -0.05) is 58.4 Å². The summed E-state index contributed by atoms with van der Waals surface area (Å²) >= 11 is 3.35. The molecule has 0 unspecified atom stereocenters. The van der Waals surface area contributed by atoms with Gasteiger partial charge < -0.3 is 0 Å². The zero-order chi connectivity index (χ0) is 20.1. The molecule has 0 saturated carbocycles. The lowest BCUT2D eigenvalue weighted by atomic mass is 10.1. The zero-order valence-corrected chi connectivity index (χ0v) is 17.4. The molecule has 0 heterocycles. The lowest BCUT2D eigenvalue weighted by Crippen LogP contribution is -2.36. The standard InChI is InChI=1S/C20H18BrN3O3S/c1-24(14-20(25)23-22-13-15-5-4-8-18(21)11-15)28(26,27)19-10-9-16-6-2-3-7-17(16)12-19/h2-13H,14H2,1H3,(H,23,25)/b22-13+. The molecule has 0 saturated heterocycles. The van der Waals surface area contributed by atoms with E-state index >= 15 is 0 Å². The van der Waals surface area contributed by atoms with Crippen LogP contribution in [-0.4, -0.2) is 38.4 Å². The molecule has 144 valence electrons. The third kappa shape index (κ3) is 4.83. The lowest BCUT2D eigenvalue weighted by molar-refractivity contribution is -0.121. The monoisotopic (exact) mass is 459 g/mol. The van der Waals surface area contributed by atoms with Crippen LogP contribution in [0.25, 0.3) is 10.8 Å². The van der Waals surface area contributed by atoms with Gasteiger partial charge in [-0.25, -0.2) is 13.8 Å². The highest BCUT2D eigenvalue weighted by Crippen LogP contribution is 2.21.